The summed E-state index contributed by atoms with van der Waals surface area (Å²) in [5.74, 6) is -0.756. The third-order valence-corrected chi connectivity index (χ3v) is 3.34. The molecule has 0 bridgehead atoms. The van der Waals surface area contributed by atoms with E-state index >= 15 is 0 Å². The first kappa shape index (κ1) is 13.3. The van der Waals surface area contributed by atoms with Crippen LogP contribution >= 0.6 is 0 Å². The fourth-order valence-corrected chi connectivity index (χ4v) is 2.12. The zero-order chi connectivity index (χ0) is 14.0. The molecule has 0 radical (unpaired) electrons. The summed E-state index contributed by atoms with van der Waals surface area (Å²) in [5.41, 5.74) is 4.91. The molecule has 1 aromatic rings. The molecule has 4 N–H and O–H groups in total. The number of hydrogen-bond acceptors (Lipinski definition) is 5. The van der Waals surface area contributed by atoms with Crippen LogP contribution < -0.4 is 11.1 Å². The van der Waals surface area contributed by atoms with Crippen molar-refractivity contribution in [3.05, 3.63) is 28.3 Å². The van der Waals surface area contributed by atoms with E-state index in [1.165, 1.54) is 18.2 Å². The molecule has 0 spiro atoms. The number of anilines is 1. The molecule has 2 rings (SSSR count). The Labute approximate surface area is 109 Å². The Morgan fingerprint density at radius 1 is 1.53 bits per heavy atom. The van der Waals surface area contributed by atoms with Gasteiger partial charge in [-0.15, -0.1) is 0 Å². The number of aromatic hydroxyl groups is 1. The average molecular weight is 265 g/mol. The van der Waals surface area contributed by atoms with Crippen LogP contribution in [0.25, 0.3) is 0 Å². The molecule has 1 saturated carbocycles. The number of phenols is 1. The molecule has 1 fully saturated rings. The van der Waals surface area contributed by atoms with Crippen molar-refractivity contribution in [1.29, 1.82) is 0 Å². The molecular weight excluding hydrogens is 250 g/mol. The average Bonchev–Trinajstić information content (AvgIpc) is 2.29. The van der Waals surface area contributed by atoms with Crippen molar-refractivity contribution in [2.45, 2.75) is 31.2 Å². The number of carbonyl (C=O) groups is 1. The second kappa shape index (κ2) is 4.85. The molecule has 7 heteroatoms. The summed E-state index contributed by atoms with van der Waals surface area (Å²) in [7, 11) is 0. The molecule has 0 heterocycles. The van der Waals surface area contributed by atoms with Gasteiger partial charge in [0.1, 0.15) is 5.75 Å². The lowest BCUT2D eigenvalue weighted by atomic mass is 9.75. The summed E-state index contributed by atoms with van der Waals surface area (Å²) < 4.78 is 0. The van der Waals surface area contributed by atoms with Gasteiger partial charge in [0.05, 0.1) is 4.92 Å². The maximum absolute atomic E-state index is 11.8. The summed E-state index contributed by atoms with van der Waals surface area (Å²) in [6.45, 7) is 0. The predicted molar refractivity (Wildman–Crippen MR) is 68.8 cm³/mol. The molecule has 0 saturated heterocycles. The van der Waals surface area contributed by atoms with E-state index in [1.54, 1.807) is 0 Å². The van der Waals surface area contributed by atoms with E-state index in [-0.39, 0.29) is 23.5 Å². The van der Waals surface area contributed by atoms with Gasteiger partial charge in [0, 0.05) is 18.0 Å². The molecule has 0 aromatic heterocycles. The third kappa shape index (κ3) is 2.82. The van der Waals surface area contributed by atoms with E-state index in [1.807, 2.05) is 0 Å². The van der Waals surface area contributed by atoms with E-state index in [0.717, 1.165) is 19.3 Å². The van der Waals surface area contributed by atoms with Crippen LogP contribution in [0.5, 0.6) is 5.75 Å². The van der Waals surface area contributed by atoms with Gasteiger partial charge in [-0.1, -0.05) is 6.07 Å². The quantitative estimate of drug-likeness (QED) is 0.433. The zero-order valence-electron chi connectivity index (χ0n) is 10.3. The highest BCUT2D eigenvalue weighted by Gasteiger charge is 2.35. The van der Waals surface area contributed by atoms with Gasteiger partial charge in [-0.3, -0.25) is 14.9 Å². The number of para-hydroxylation sites is 1. The fourth-order valence-electron chi connectivity index (χ4n) is 2.12. The van der Waals surface area contributed by atoms with Gasteiger partial charge in [-0.2, -0.15) is 0 Å². The van der Waals surface area contributed by atoms with E-state index in [9.17, 15) is 20.0 Å². The van der Waals surface area contributed by atoms with Gasteiger partial charge in [0.15, 0.2) is 5.69 Å². The molecule has 1 aliphatic rings. The molecule has 1 aromatic carbocycles. The van der Waals surface area contributed by atoms with Crippen molar-refractivity contribution in [3.8, 4) is 5.75 Å². The number of phenolic OH excluding ortho intramolecular Hbond substituents is 1. The van der Waals surface area contributed by atoms with Crippen LogP contribution in [0.15, 0.2) is 18.2 Å². The Bertz CT molecular complexity index is 526. The lowest BCUT2D eigenvalue weighted by Crippen LogP contribution is -2.48. The lowest BCUT2D eigenvalue weighted by Gasteiger charge is -2.37. The Hall–Kier alpha value is -2.15. The number of amides is 1. The number of carbonyl (C=O) groups excluding carboxylic acids is 1. The van der Waals surface area contributed by atoms with E-state index in [2.05, 4.69) is 5.32 Å². The minimum atomic E-state index is -0.656. The third-order valence-electron chi connectivity index (χ3n) is 3.34. The molecule has 0 atom stereocenters. The van der Waals surface area contributed by atoms with Crippen molar-refractivity contribution in [2.75, 3.05) is 5.32 Å². The monoisotopic (exact) mass is 265 g/mol. The number of nitrogens with one attached hydrogen (secondary N) is 1. The Balaban J connectivity index is 2.14. The normalized spacial score (nSPS) is 16.5. The molecule has 19 heavy (non-hydrogen) atoms. The Morgan fingerprint density at radius 3 is 2.74 bits per heavy atom. The van der Waals surface area contributed by atoms with Gasteiger partial charge < -0.3 is 16.2 Å². The van der Waals surface area contributed by atoms with Crippen LogP contribution in [0, 0.1) is 10.1 Å². The molecule has 1 aliphatic carbocycles. The van der Waals surface area contributed by atoms with Crippen LogP contribution in [0.2, 0.25) is 0 Å². The molecular formula is C12H15N3O4. The summed E-state index contributed by atoms with van der Waals surface area (Å²) >= 11 is 0. The predicted octanol–water partition coefficient (Wildman–Crippen LogP) is 1.51. The van der Waals surface area contributed by atoms with E-state index in [0.29, 0.717) is 0 Å². The maximum Gasteiger partial charge on any atom is 0.296 e. The number of nitrogens with two attached hydrogens (primary N) is 1. The van der Waals surface area contributed by atoms with Crippen molar-refractivity contribution in [2.24, 2.45) is 5.73 Å². The lowest BCUT2D eigenvalue weighted by molar-refractivity contribution is -0.384. The summed E-state index contributed by atoms with van der Waals surface area (Å²) in [5, 5.41) is 22.8. The summed E-state index contributed by atoms with van der Waals surface area (Å²) in [6, 6.07) is 3.85. The van der Waals surface area contributed by atoms with Crippen LogP contribution in [0.3, 0.4) is 0 Å². The van der Waals surface area contributed by atoms with Crippen LogP contribution in [-0.2, 0) is 4.79 Å². The van der Waals surface area contributed by atoms with Gasteiger partial charge in [-0.05, 0) is 25.3 Å². The standard InChI is InChI=1S/C12H15N3O4/c13-12(5-2-6-12)7-10(17)14-11-8(15(18)19)3-1-4-9(11)16/h1,3-4,16H,2,5-7,13H2,(H,14,17). The molecule has 7 nitrogen and oxygen atoms in total. The van der Waals surface area contributed by atoms with Gasteiger partial charge in [0.2, 0.25) is 5.91 Å². The molecule has 1 amide bonds. The van der Waals surface area contributed by atoms with Gasteiger partial charge in [-0.25, -0.2) is 0 Å². The van der Waals surface area contributed by atoms with E-state index in [4.69, 9.17) is 5.73 Å². The van der Waals surface area contributed by atoms with Gasteiger partial charge in [0.25, 0.3) is 5.69 Å². The van der Waals surface area contributed by atoms with Gasteiger partial charge >= 0.3 is 0 Å². The summed E-state index contributed by atoms with van der Waals surface area (Å²) in [6.07, 6.45) is 2.62. The van der Waals surface area contributed by atoms with Crippen molar-refractivity contribution < 1.29 is 14.8 Å². The molecule has 0 aliphatic heterocycles. The number of nitrogens with zero attached hydrogens (tertiary/aromatic N) is 1. The first-order chi connectivity index (χ1) is 8.91. The highest BCUT2D eigenvalue weighted by molar-refractivity contribution is 5.95. The van der Waals surface area contributed by atoms with Crippen molar-refractivity contribution >= 4 is 17.3 Å². The minimum absolute atomic E-state index is 0.0957. The van der Waals surface area contributed by atoms with Crippen molar-refractivity contribution in [1.82, 2.24) is 0 Å². The fraction of sp³-hybridized carbons (Fsp3) is 0.417. The first-order valence-corrected chi connectivity index (χ1v) is 5.96. The Morgan fingerprint density at radius 2 is 2.21 bits per heavy atom. The maximum atomic E-state index is 11.8. The smallest absolute Gasteiger partial charge is 0.296 e. The highest BCUT2D eigenvalue weighted by Crippen LogP contribution is 2.35. The number of hydrogen-bond donors (Lipinski definition) is 3. The second-order valence-electron chi connectivity index (χ2n) is 4.87. The number of rotatable bonds is 4. The highest BCUT2D eigenvalue weighted by atomic mass is 16.6. The Kier molecular flexibility index (Phi) is 3.39. The number of nitro benzene ring substituents is 1. The summed E-state index contributed by atoms with van der Waals surface area (Å²) in [4.78, 5) is 22.0. The largest absolute Gasteiger partial charge is 0.505 e. The number of nitro groups is 1. The minimum Gasteiger partial charge on any atom is -0.505 e. The zero-order valence-corrected chi connectivity index (χ0v) is 10.3. The van der Waals surface area contributed by atoms with Crippen molar-refractivity contribution in [3.63, 3.8) is 0 Å². The topological polar surface area (TPSA) is 118 Å². The van der Waals surface area contributed by atoms with Crippen LogP contribution in [0.4, 0.5) is 11.4 Å². The molecule has 102 valence electrons. The van der Waals surface area contributed by atoms with Crippen LogP contribution in [-0.4, -0.2) is 21.5 Å². The molecule has 0 unspecified atom stereocenters. The first-order valence-electron chi connectivity index (χ1n) is 5.96. The van der Waals surface area contributed by atoms with Crippen LogP contribution in [0.1, 0.15) is 25.7 Å². The number of benzene rings is 1. The van der Waals surface area contributed by atoms with E-state index < -0.39 is 16.4 Å². The second-order valence-corrected chi connectivity index (χ2v) is 4.87. The SMILES string of the molecule is NC1(CC(=O)Nc2c(O)cccc2[N+](=O)[O-])CCC1.